The molecule has 0 amide bonds. The number of unbranched alkanes of at least 4 members (excludes halogenated alkanes) is 1. The average Bonchev–Trinajstić information content (AvgIpc) is 2.40. The number of rotatable bonds is 5. The van der Waals surface area contributed by atoms with Gasteiger partial charge in [-0.1, -0.05) is 25.5 Å². The number of hydrogen-bond donors (Lipinski definition) is 2. The van der Waals surface area contributed by atoms with Crippen molar-refractivity contribution >= 4 is 0 Å². The molecule has 1 aliphatic rings. The smallest absolute Gasteiger partial charge is 0.115 e. The summed E-state index contributed by atoms with van der Waals surface area (Å²) in [5, 5.41) is 12.8. The molecule has 3 heteroatoms. The lowest BCUT2D eigenvalue weighted by atomic mass is 10.0. The lowest BCUT2D eigenvalue weighted by molar-refractivity contribution is 0.158. The Kier molecular flexibility index (Phi) is 5.02. The first-order chi connectivity index (χ1) is 8.79. The number of phenols is 1. The molecule has 1 saturated heterocycles. The van der Waals surface area contributed by atoms with Crippen molar-refractivity contribution in [3.05, 3.63) is 29.8 Å². The van der Waals surface area contributed by atoms with Gasteiger partial charge in [-0.2, -0.15) is 0 Å². The van der Waals surface area contributed by atoms with E-state index in [0.29, 0.717) is 11.8 Å². The van der Waals surface area contributed by atoms with E-state index in [1.165, 1.54) is 24.9 Å². The van der Waals surface area contributed by atoms with Gasteiger partial charge in [0.1, 0.15) is 5.75 Å². The van der Waals surface area contributed by atoms with Gasteiger partial charge in [0, 0.05) is 25.7 Å². The second kappa shape index (κ2) is 6.76. The van der Waals surface area contributed by atoms with Gasteiger partial charge in [0.2, 0.25) is 0 Å². The highest BCUT2D eigenvalue weighted by Gasteiger charge is 2.21. The first-order valence-electron chi connectivity index (χ1n) is 7.02. The molecule has 1 heterocycles. The molecule has 0 aromatic heterocycles. The summed E-state index contributed by atoms with van der Waals surface area (Å²) in [4.78, 5) is 2.60. The lowest BCUT2D eigenvalue weighted by Gasteiger charge is -2.36. The lowest BCUT2D eigenvalue weighted by Crippen LogP contribution is -2.52. The van der Waals surface area contributed by atoms with E-state index in [9.17, 15) is 5.11 Å². The second-order valence-electron chi connectivity index (χ2n) is 5.12. The molecular formula is C15H24N2O. The third kappa shape index (κ3) is 3.72. The van der Waals surface area contributed by atoms with E-state index >= 15 is 0 Å². The van der Waals surface area contributed by atoms with Crippen LogP contribution >= 0.6 is 0 Å². The molecule has 100 valence electrons. The van der Waals surface area contributed by atoms with Crippen molar-refractivity contribution < 1.29 is 5.11 Å². The minimum atomic E-state index is 0.350. The minimum absolute atomic E-state index is 0.350. The Morgan fingerprint density at radius 2 is 2.11 bits per heavy atom. The fourth-order valence-corrected chi connectivity index (χ4v) is 2.56. The molecule has 1 aromatic rings. The number of benzene rings is 1. The van der Waals surface area contributed by atoms with Gasteiger partial charge in [0.05, 0.1) is 0 Å². The number of piperazine rings is 1. The quantitative estimate of drug-likeness (QED) is 0.836. The maximum Gasteiger partial charge on any atom is 0.115 e. The van der Waals surface area contributed by atoms with Gasteiger partial charge in [-0.3, -0.25) is 4.90 Å². The molecule has 1 fully saturated rings. The Balaban J connectivity index is 1.94. The molecule has 18 heavy (non-hydrogen) atoms. The summed E-state index contributed by atoms with van der Waals surface area (Å²) in [5.41, 5.74) is 1.31. The van der Waals surface area contributed by atoms with Crippen molar-refractivity contribution in [3.8, 4) is 5.75 Å². The normalized spacial score (nSPS) is 21.1. The van der Waals surface area contributed by atoms with Crippen LogP contribution < -0.4 is 5.32 Å². The molecule has 1 aliphatic heterocycles. The predicted octanol–water partition coefficient (Wildman–Crippen LogP) is 2.01. The summed E-state index contributed by atoms with van der Waals surface area (Å²) in [6.45, 7) is 6.79. The Morgan fingerprint density at radius 1 is 1.33 bits per heavy atom. The van der Waals surface area contributed by atoms with E-state index in [0.717, 1.165) is 26.1 Å². The van der Waals surface area contributed by atoms with Crippen molar-refractivity contribution in [2.75, 3.05) is 26.2 Å². The van der Waals surface area contributed by atoms with E-state index in [1.54, 1.807) is 12.1 Å². The number of aromatic hydroxyl groups is 1. The average molecular weight is 248 g/mol. The summed E-state index contributed by atoms with van der Waals surface area (Å²) >= 11 is 0. The van der Waals surface area contributed by atoms with Crippen LogP contribution in [-0.4, -0.2) is 42.2 Å². The van der Waals surface area contributed by atoms with Gasteiger partial charge < -0.3 is 10.4 Å². The molecule has 0 unspecified atom stereocenters. The number of hydrogen-bond acceptors (Lipinski definition) is 3. The van der Waals surface area contributed by atoms with Crippen LogP contribution in [0.2, 0.25) is 0 Å². The fraction of sp³-hybridized carbons (Fsp3) is 0.600. The van der Waals surface area contributed by atoms with Gasteiger partial charge in [-0.15, -0.1) is 0 Å². The zero-order valence-corrected chi connectivity index (χ0v) is 11.2. The van der Waals surface area contributed by atoms with Crippen LogP contribution in [0, 0.1) is 0 Å². The topological polar surface area (TPSA) is 35.5 Å². The Labute approximate surface area is 110 Å². The van der Waals surface area contributed by atoms with Crippen LogP contribution in [0.4, 0.5) is 0 Å². The van der Waals surface area contributed by atoms with Gasteiger partial charge >= 0.3 is 0 Å². The summed E-state index contributed by atoms with van der Waals surface area (Å²) < 4.78 is 0. The second-order valence-corrected chi connectivity index (χ2v) is 5.12. The molecule has 2 rings (SSSR count). The van der Waals surface area contributed by atoms with Crippen molar-refractivity contribution in [1.82, 2.24) is 10.2 Å². The fourth-order valence-electron chi connectivity index (χ4n) is 2.56. The van der Waals surface area contributed by atoms with Crippen molar-refractivity contribution in [1.29, 1.82) is 0 Å². The van der Waals surface area contributed by atoms with E-state index in [2.05, 4.69) is 17.1 Å². The molecule has 0 radical (unpaired) electrons. The van der Waals surface area contributed by atoms with Crippen LogP contribution in [0.1, 0.15) is 25.3 Å². The van der Waals surface area contributed by atoms with Crippen LogP contribution in [0.15, 0.2) is 24.3 Å². The molecular weight excluding hydrogens is 224 g/mol. The predicted molar refractivity (Wildman–Crippen MR) is 74.9 cm³/mol. The van der Waals surface area contributed by atoms with Crippen LogP contribution in [-0.2, 0) is 6.42 Å². The summed E-state index contributed by atoms with van der Waals surface area (Å²) in [6, 6.07) is 8.21. The van der Waals surface area contributed by atoms with E-state index in [-0.39, 0.29) is 0 Å². The summed E-state index contributed by atoms with van der Waals surface area (Å²) in [5.74, 6) is 0.350. The highest BCUT2D eigenvalue weighted by Crippen LogP contribution is 2.15. The maximum atomic E-state index is 9.31. The maximum absolute atomic E-state index is 9.31. The highest BCUT2D eigenvalue weighted by molar-refractivity contribution is 5.26. The third-order valence-electron chi connectivity index (χ3n) is 3.68. The monoisotopic (exact) mass is 248 g/mol. The molecule has 2 N–H and O–H groups in total. The first kappa shape index (κ1) is 13.4. The zero-order chi connectivity index (χ0) is 12.8. The number of nitrogens with zero attached hydrogens (tertiary/aromatic N) is 1. The van der Waals surface area contributed by atoms with Gasteiger partial charge in [0.15, 0.2) is 0 Å². The molecule has 0 aliphatic carbocycles. The standard InChI is InChI=1S/C15H24N2O/c1-2-3-9-17-10-8-16-12-14(17)11-13-4-6-15(18)7-5-13/h4-7,14,16,18H,2-3,8-12H2,1H3/t14-/m1/s1. The van der Waals surface area contributed by atoms with E-state index in [1.807, 2.05) is 12.1 Å². The third-order valence-corrected chi connectivity index (χ3v) is 3.68. The zero-order valence-electron chi connectivity index (χ0n) is 11.2. The highest BCUT2D eigenvalue weighted by atomic mass is 16.3. The first-order valence-corrected chi connectivity index (χ1v) is 7.02. The summed E-state index contributed by atoms with van der Waals surface area (Å²) in [6.07, 6.45) is 3.61. The van der Waals surface area contributed by atoms with Crippen LogP contribution in [0.3, 0.4) is 0 Å². The summed E-state index contributed by atoms with van der Waals surface area (Å²) in [7, 11) is 0. The van der Waals surface area contributed by atoms with E-state index in [4.69, 9.17) is 0 Å². The number of nitrogens with one attached hydrogen (secondary N) is 1. The van der Waals surface area contributed by atoms with E-state index < -0.39 is 0 Å². The molecule has 0 bridgehead atoms. The van der Waals surface area contributed by atoms with Gasteiger partial charge in [-0.25, -0.2) is 0 Å². The largest absolute Gasteiger partial charge is 0.508 e. The molecule has 3 nitrogen and oxygen atoms in total. The Hall–Kier alpha value is -1.06. The molecule has 0 saturated carbocycles. The molecule has 0 spiro atoms. The van der Waals surface area contributed by atoms with Crippen LogP contribution in [0.5, 0.6) is 5.75 Å². The molecule has 1 aromatic carbocycles. The Morgan fingerprint density at radius 3 is 2.83 bits per heavy atom. The number of phenolic OH excluding ortho intramolecular Hbond substituents is 1. The molecule has 1 atom stereocenters. The van der Waals surface area contributed by atoms with Gasteiger partial charge in [0.25, 0.3) is 0 Å². The van der Waals surface area contributed by atoms with Crippen molar-refractivity contribution in [2.24, 2.45) is 0 Å². The van der Waals surface area contributed by atoms with Crippen molar-refractivity contribution in [2.45, 2.75) is 32.2 Å². The van der Waals surface area contributed by atoms with Crippen molar-refractivity contribution in [3.63, 3.8) is 0 Å². The van der Waals surface area contributed by atoms with Gasteiger partial charge in [-0.05, 0) is 37.1 Å². The SMILES string of the molecule is CCCCN1CCNC[C@H]1Cc1ccc(O)cc1. The van der Waals surface area contributed by atoms with Crippen LogP contribution in [0.25, 0.3) is 0 Å². The Bertz CT molecular complexity index is 350. The minimum Gasteiger partial charge on any atom is -0.508 e.